The summed E-state index contributed by atoms with van der Waals surface area (Å²) < 4.78 is 13.4. The van der Waals surface area contributed by atoms with Crippen molar-refractivity contribution in [3.05, 3.63) is 35.6 Å². The van der Waals surface area contributed by atoms with Crippen LogP contribution in [-0.2, 0) is 10.2 Å². The lowest BCUT2D eigenvalue weighted by Crippen LogP contribution is -2.33. The molecule has 1 unspecified atom stereocenters. The fraction of sp³-hybridized carbons (Fsp3) is 0.273. The van der Waals surface area contributed by atoms with Gasteiger partial charge in [-0.2, -0.15) is 5.26 Å². The molecule has 1 aromatic carbocycles. The van der Waals surface area contributed by atoms with Crippen molar-refractivity contribution in [1.29, 1.82) is 5.26 Å². The van der Waals surface area contributed by atoms with Gasteiger partial charge in [0.1, 0.15) is 11.2 Å². The first-order chi connectivity index (χ1) is 7.02. The van der Waals surface area contributed by atoms with Gasteiger partial charge in [-0.1, -0.05) is 18.2 Å². The molecule has 15 heavy (non-hydrogen) atoms. The molecule has 3 nitrogen and oxygen atoms in total. The molecule has 0 radical (unpaired) electrons. The number of hydrogen-bond acceptors (Lipinski definition) is 2. The molecule has 1 aromatic rings. The first-order valence-corrected chi connectivity index (χ1v) is 4.37. The summed E-state index contributed by atoms with van der Waals surface area (Å²) in [6, 6.07) is 7.38. The van der Waals surface area contributed by atoms with Gasteiger partial charge in [0.25, 0.3) is 0 Å². The van der Waals surface area contributed by atoms with Crippen LogP contribution in [0.25, 0.3) is 0 Å². The summed E-state index contributed by atoms with van der Waals surface area (Å²) >= 11 is 0. The van der Waals surface area contributed by atoms with E-state index < -0.39 is 17.2 Å². The number of carbonyl (C=O) groups is 1. The minimum atomic E-state index is -1.49. The van der Waals surface area contributed by atoms with Crippen LogP contribution in [0.5, 0.6) is 0 Å². The molecule has 0 spiro atoms. The van der Waals surface area contributed by atoms with Crippen LogP contribution in [0.4, 0.5) is 4.39 Å². The molecule has 0 heterocycles. The molecule has 4 heteroatoms. The highest BCUT2D eigenvalue weighted by Crippen LogP contribution is 2.29. The molecule has 0 aliphatic heterocycles. The van der Waals surface area contributed by atoms with Gasteiger partial charge in [-0.05, 0) is 13.0 Å². The van der Waals surface area contributed by atoms with Gasteiger partial charge in [-0.25, -0.2) is 4.39 Å². The summed E-state index contributed by atoms with van der Waals surface area (Å²) in [4.78, 5) is 11.0. The number of benzene rings is 1. The van der Waals surface area contributed by atoms with E-state index in [0.717, 1.165) is 0 Å². The van der Waals surface area contributed by atoms with E-state index in [2.05, 4.69) is 0 Å². The van der Waals surface area contributed by atoms with Gasteiger partial charge in [-0.3, -0.25) is 4.79 Å². The van der Waals surface area contributed by atoms with E-state index in [1.54, 1.807) is 12.1 Å². The zero-order chi connectivity index (χ0) is 11.5. The van der Waals surface area contributed by atoms with Crippen molar-refractivity contribution in [3.8, 4) is 6.07 Å². The van der Waals surface area contributed by atoms with E-state index >= 15 is 0 Å². The zero-order valence-electron chi connectivity index (χ0n) is 8.20. The Morgan fingerprint density at radius 3 is 2.67 bits per heavy atom. The van der Waals surface area contributed by atoms with Gasteiger partial charge in [0.05, 0.1) is 12.5 Å². The molecule has 0 amide bonds. The lowest BCUT2D eigenvalue weighted by Gasteiger charge is -2.22. The summed E-state index contributed by atoms with van der Waals surface area (Å²) in [6.45, 7) is 1.34. The zero-order valence-corrected chi connectivity index (χ0v) is 8.20. The van der Waals surface area contributed by atoms with E-state index in [1.807, 2.05) is 0 Å². The van der Waals surface area contributed by atoms with Crippen molar-refractivity contribution in [2.75, 3.05) is 0 Å². The average molecular weight is 207 g/mol. The predicted octanol–water partition coefficient (Wildman–Crippen LogP) is 2.08. The number of nitriles is 1. The lowest BCUT2D eigenvalue weighted by atomic mass is 9.80. The van der Waals surface area contributed by atoms with Gasteiger partial charge >= 0.3 is 5.97 Å². The van der Waals surface area contributed by atoms with Crippen LogP contribution >= 0.6 is 0 Å². The summed E-state index contributed by atoms with van der Waals surface area (Å²) in [5.41, 5.74) is -1.45. The number of rotatable bonds is 3. The molecule has 1 rings (SSSR count). The number of carboxylic acids is 1. The molecular weight excluding hydrogens is 197 g/mol. The summed E-state index contributed by atoms with van der Waals surface area (Å²) in [7, 11) is 0. The fourth-order valence-corrected chi connectivity index (χ4v) is 1.35. The van der Waals surface area contributed by atoms with Crippen LogP contribution in [0.2, 0.25) is 0 Å². The van der Waals surface area contributed by atoms with E-state index in [0.29, 0.717) is 0 Å². The number of hydrogen-bond donors (Lipinski definition) is 1. The van der Waals surface area contributed by atoms with Gasteiger partial charge < -0.3 is 5.11 Å². The Morgan fingerprint density at radius 2 is 2.20 bits per heavy atom. The SMILES string of the molecule is CC(CC#N)(C(=O)O)c1ccccc1F. The standard InChI is InChI=1S/C11H10FNO2/c1-11(6-7-13,10(14)15)8-4-2-3-5-9(8)12/h2-5H,6H2,1H3,(H,14,15). The molecule has 0 saturated carbocycles. The van der Waals surface area contributed by atoms with Gasteiger partial charge in [0.15, 0.2) is 0 Å². The van der Waals surface area contributed by atoms with Crippen molar-refractivity contribution in [2.45, 2.75) is 18.8 Å². The Balaban J connectivity index is 3.29. The van der Waals surface area contributed by atoms with Crippen LogP contribution in [-0.4, -0.2) is 11.1 Å². The van der Waals surface area contributed by atoms with Crippen LogP contribution in [0, 0.1) is 17.1 Å². The van der Waals surface area contributed by atoms with Crippen molar-refractivity contribution >= 4 is 5.97 Å². The second-order valence-corrected chi connectivity index (χ2v) is 3.45. The maximum atomic E-state index is 13.4. The third kappa shape index (κ3) is 1.96. The van der Waals surface area contributed by atoms with Gasteiger partial charge in [-0.15, -0.1) is 0 Å². The fourth-order valence-electron chi connectivity index (χ4n) is 1.35. The van der Waals surface area contributed by atoms with Crippen molar-refractivity contribution in [2.24, 2.45) is 0 Å². The minimum Gasteiger partial charge on any atom is -0.481 e. The van der Waals surface area contributed by atoms with E-state index in [9.17, 15) is 9.18 Å². The number of aliphatic carboxylic acids is 1. The lowest BCUT2D eigenvalue weighted by molar-refractivity contribution is -0.143. The molecule has 0 aromatic heterocycles. The highest BCUT2D eigenvalue weighted by molar-refractivity contribution is 5.81. The summed E-state index contributed by atoms with van der Waals surface area (Å²) in [5.74, 6) is -1.80. The molecule has 0 fully saturated rings. The topological polar surface area (TPSA) is 61.1 Å². The van der Waals surface area contributed by atoms with Crippen LogP contribution < -0.4 is 0 Å². The minimum absolute atomic E-state index is 0.0408. The second-order valence-electron chi connectivity index (χ2n) is 3.45. The molecule has 0 saturated heterocycles. The second kappa shape index (κ2) is 4.09. The Bertz CT molecular complexity index is 425. The third-order valence-corrected chi connectivity index (χ3v) is 2.37. The normalized spacial score (nSPS) is 13.9. The first kappa shape index (κ1) is 11.2. The monoisotopic (exact) mass is 207 g/mol. The van der Waals surface area contributed by atoms with Crippen LogP contribution in [0.1, 0.15) is 18.9 Å². The van der Waals surface area contributed by atoms with Crippen LogP contribution in [0.15, 0.2) is 24.3 Å². The summed E-state index contributed by atoms with van der Waals surface area (Å²) in [6.07, 6.45) is -0.261. The number of carboxylic acid groups (broad SMARTS) is 1. The quantitative estimate of drug-likeness (QED) is 0.825. The van der Waals surface area contributed by atoms with E-state index in [-0.39, 0.29) is 12.0 Å². The highest BCUT2D eigenvalue weighted by Gasteiger charge is 2.37. The smallest absolute Gasteiger partial charge is 0.315 e. The largest absolute Gasteiger partial charge is 0.481 e. The molecule has 0 bridgehead atoms. The molecule has 0 aliphatic carbocycles. The Hall–Kier alpha value is -1.89. The number of halogens is 1. The van der Waals surface area contributed by atoms with Crippen LogP contribution in [0.3, 0.4) is 0 Å². The third-order valence-electron chi connectivity index (χ3n) is 2.37. The molecule has 1 N–H and O–H groups in total. The Morgan fingerprint density at radius 1 is 1.60 bits per heavy atom. The van der Waals surface area contributed by atoms with E-state index in [4.69, 9.17) is 10.4 Å². The molecule has 1 atom stereocenters. The molecule has 0 aliphatic rings. The van der Waals surface area contributed by atoms with Crippen molar-refractivity contribution in [3.63, 3.8) is 0 Å². The Kier molecular flexibility index (Phi) is 3.05. The van der Waals surface area contributed by atoms with Gasteiger partial charge in [0.2, 0.25) is 0 Å². The first-order valence-electron chi connectivity index (χ1n) is 4.37. The summed E-state index contributed by atoms with van der Waals surface area (Å²) in [5, 5.41) is 17.6. The maximum absolute atomic E-state index is 13.4. The Labute approximate surface area is 86.8 Å². The average Bonchev–Trinajstić information content (AvgIpc) is 2.18. The molecular formula is C11H10FNO2. The number of nitrogens with zero attached hydrogens (tertiary/aromatic N) is 1. The predicted molar refractivity (Wildman–Crippen MR) is 51.6 cm³/mol. The highest BCUT2D eigenvalue weighted by atomic mass is 19.1. The molecule has 78 valence electrons. The van der Waals surface area contributed by atoms with Crippen molar-refractivity contribution < 1.29 is 14.3 Å². The maximum Gasteiger partial charge on any atom is 0.315 e. The van der Waals surface area contributed by atoms with Crippen molar-refractivity contribution in [1.82, 2.24) is 0 Å². The van der Waals surface area contributed by atoms with Gasteiger partial charge in [0, 0.05) is 5.56 Å². The van der Waals surface area contributed by atoms with E-state index in [1.165, 1.54) is 25.1 Å².